The van der Waals surface area contributed by atoms with Crippen LogP contribution in [-0.2, 0) is 0 Å². The fourth-order valence-corrected chi connectivity index (χ4v) is 1.15. The van der Waals surface area contributed by atoms with Crippen LogP contribution < -0.4 is 0 Å². The summed E-state index contributed by atoms with van der Waals surface area (Å²) in [6.45, 7) is 0.415. The number of hydrogen-bond acceptors (Lipinski definition) is 3. The highest BCUT2D eigenvalue weighted by Crippen LogP contribution is 2.07. The summed E-state index contributed by atoms with van der Waals surface area (Å²) in [6, 6.07) is 5.16. The number of halogens is 1. The molecule has 1 aromatic rings. The Morgan fingerprint density at radius 3 is 2.93 bits per heavy atom. The highest BCUT2D eigenvalue weighted by atomic mass is 35.5. The number of aromatic nitrogens is 1. The molecular weight excluding hydrogens is 214 g/mol. The van der Waals surface area contributed by atoms with Crippen LogP contribution in [0.2, 0.25) is 5.15 Å². The largest absolute Gasteiger partial charge is 0.341 e. The van der Waals surface area contributed by atoms with Gasteiger partial charge in [0.1, 0.15) is 5.15 Å². The summed E-state index contributed by atoms with van der Waals surface area (Å²) < 4.78 is 0. The SMILES string of the molecule is CN(CCC#N)C(=O)c1ccc(Cl)nc1. The lowest BCUT2D eigenvalue weighted by atomic mass is 10.2. The van der Waals surface area contributed by atoms with Crippen LogP contribution in [0.25, 0.3) is 0 Å². The third-order valence-electron chi connectivity index (χ3n) is 1.88. The summed E-state index contributed by atoms with van der Waals surface area (Å²) >= 11 is 5.60. The van der Waals surface area contributed by atoms with Crippen molar-refractivity contribution < 1.29 is 4.79 Å². The van der Waals surface area contributed by atoms with E-state index in [1.807, 2.05) is 6.07 Å². The molecule has 15 heavy (non-hydrogen) atoms. The predicted octanol–water partition coefficient (Wildman–Crippen LogP) is 1.72. The fraction of sp³-hybridized carbons (Fsp3) is 0.300. The maximum absolute atomic E-state index is 11.7. The number of rotatable bonds is 3. The van der Waals surface area contributed by atoms with Gasteiger partial charge < -0.3 is 4.90 Å². The topological polar surface area (TPSA) is 57.0 Å². The van der Waals surface area contributed by atoms with Crippen LogP contribution in [0, 0.1) is 11.3 Å². The Bertz CT molecular complexity index is 383. The van der Waals surface area contributed by atoms with Gasteiger partial charge in [-0.3, -0.25) is 4.79 Å². The highest BCUT2D eigenvalue weighted by Gasteiger charge is 2.10. The smallest absolute Gasteiger partial charge is 0.255 e. The predicted molar refractivity (Wildman–Crippen MR) is 56.4 cm³/mol. The van der Waals surface area contributed by atoms with Crippen molar-refractivity contribution in [2.24, 2.45) is 0 Å². The molecule has 0 spiro atoms. The molecule has 1 aromatic heterocycles. The van der Waals surface area contributed by atoms with Gasteiger partial charge in [0.2, 0.25) is 0 Å². The van der Waals surface area contributed by atoms with Crippen LogP contribution in [0.3, 0.4) is 0 Å². The van der Waals surface area contributed by atoms with Crippen molar-refractivity contribution in [1.82, 2.24) is 9.88 Å². The molecule has 0 atom stereocenters. The summed E-state index contributed by atoms with van der Waals surface area (Å²) in [7, 11) is 1.65. The zero-order valence-corrected chi connectivity index (χ0v) is 9.03. The number of pyridine rings is 1. The van der Waals surface area contributed by atoms with Crippen molar-refractivity contribution in [3.05, 3.63) is 29.0 Å². The monoisotopic (exact) mass is 223 g/mol. The van der Waals surface area contributed by atoms with Gasteiger partial charge in [-0.05, 0) is 12.1 Å². The summed E-state index contributed by atoms with van der Waals surface area (Å²) in [5, 5.41) is 8.74. The molecular formula is C10H10ClN3O. The maximum Gasteiger partial charge on any atom is 0.255 e. The van der Waals surface area contributed by atoms with Crippen LogP contribution in [0.4, 0.5) is 0 Å². The Hall–Kier alpha value is -1.60. The second-order valence-electron chi connectivity index (χ2n) is 3.00. The maximum atomic E-state index is 11.7. The molecule has 0 radical (unpaired) electrons. The van der Waals surface area contributed by atoms with Crippen molar-refractivity contribution in [2.75, 3.05) is 13.6 Å². The number of nitrogens with zero attached hydrogens (tertiary/aromatic N) is 3. The average molecular weight is 224 g/mol. The molecule has 78 valence electrons. The molecule has 0 aliphatic carbocycles. The van der Waals surface area contributed by atoms with Crippen LogP contribution >= 0.6 is 11.6 Å². The average Bonchev–Trinajstić information content (AvgIpc) is 2.26. The van der Waals surface area contributed by atoms with E-state index in [-0.39, 0.29) is 5.91 Å². The van der Waals surface area contributed by atoms with Gasteiger partial charge in [-0.2, -0.15) is 5.26 Å². The van der Waals surface area contributed by atoms with Crippen LogP contribution in [0.1, 0.15) is 16.8 Å². The van der Waals surface area contributed by atoms with Crippen molar-refractivity contribution in [2.45, 2.75) is 6.42 Å². The van der Waals surface area contributed by atoms with Gasteiger partial charge in [-0.1, -0.05) is 11.6 Å². The highest BCUT2D eigenvalue weighted by molar-refractivity contribution is 6.29. The minimum absolute atomic E-state index is 0.158. The van der Waals surface area contributed by atoms with E-state index in [4.69, 9.17) is 16.9 Å². The number of nitriles is 1. The van der Waals surface area contributed by atoms with Crippen LogP contribution in [0.15, 0.2) is 18.3 Å². The van der Waals surface area contributed by atoms with E-state index in [0.717, 1.165) is 0 Å². The Labute approximate surface area is 93.1 Å². The summed E-state index contributed by atoms with van der Waals surface area (Å²) in [4.78, 5) is 17.0. The van der Waals surface area contributed by atoms with E-state index in [2.05, 4.69) is 4.98 Å². The molecule has 0 aliphatic heterocycles. The Morgan fingerprint density at radius 1 is 1.67 bits per heavy atom. The summed E-state index contributed by atoms with van der Waals surface area (Å²) in [5.74, 6) is -0.158. The second-order valence-corrected chi connectivity index (χ2v) is 3.39. The second kappa shape index (κ2) is 5.32. The van der Waals surface area contributed by atoms with E-state index in [9.17, 15) is 4.79 Å². The van der Waals surface area contributed by atoms with Gasteiger partial charge >= 0.3 is 0 Å². The van der Waals surface area contributed by atoms with E-state index in [1.54, 1.807) is 19.2 Å². The third kappa shape index (κ3) is 3.22. The number of amides is 1. The molecule has 0 bridgehead atoms. The molecule has 0 aliphatic rings. The van der Waals surface area contributed by atoms with Gasteiger partial charge in [-0.25, -0.2) is 4.98 Å². The minimum Gasteiger partial charge on any atom is -0.341 e. The minimum atomic E-state index is -0.158. The molecule has 0 fully saturated rings. The van der Waals surface area contributed by atoms with E-state index < -0.39 is 0 Å². The molecule has 0 aromatic carbocycles. The molecule has 5 heteroatoms. The van der Waals surface area contributed by atoms with Crippen LogP contribution in [-0.4, -0.2) is 29.4 Å². The Morgan fingerprint density at radius 2 is 2.40 bits per heavy atom. The lowest BCUT2D eigenvalue weighted by molar-refractivity contribution is 0.0797. The van der Waals surface area contributed by atoms with Crippen molar-refractivity contribution in [1.29, 1.82) is 5.26 Å². The molecule has 4 nitrogen and oxygen atoms in total. The van der Waals surface area contributed by atoms with Gasteiger partial charge in [0, 0.05) is 19.8 Å². The molecule has 1 amide bonds. The first kappa shape index (κ1) is 11.5. The normalized spacial score (nSPS) is 9.40. The molecule has 0 unspecified atom stereocenters. The van der Waals surface area contributed by atoms with E-state index in [1.165, 1.54) is 11.1 Å². The zero-order valence-electron chi connectivity index (χ0n) is 8.27. The quantitative estimate of drug-likeness (QED) is 0.734. The summed E-state index contributed by atoms with van der Waals surface area (Å²) in [6.07, 6.45) is 1.75. The summed E-state index contributed by atoms with van der Waals surface area (Å²) in [5.41, 5.74) is 0.472. The Balaban J connectivity index is 2.68. The van der Waals surface area contributed by atoms with Gasteiger partial charge in [0.05, 0.1) is 18.1 Å². The first-order valence-corrected chi connectivity index (χ1v) is 4.77. The van der Waals surface area contributed by atoms with Gasteiger partial charge in [0.25, 0.3) is 5.91 Å². The molecule has 1 heterocycles. The first-order valence-electron chi connectivity index (χ1n) is 4.39. The van der Waals surface area contributed by atoms with Gasteiger partial charge in [0.15, 0.2) is 0 Å². The first-order chi connectivity index (χ1) is 7.15. The van der Waals surface area contributed by atoms with Crippen molar-refractivity contribution >= 4 is 17.5 Å². The number of carbonyl (C=O) groups is 1. The molecule has 1 rings (SSSR count). The third-order valence-corrected chi connectivity index (χ3v) is 2.10. The fourth-order valence-electron chi connectivity index (χ4n) is 1.04. The molecule has 0 saturated carbocycles. The number of hydrogen-bond donors (Lipinski definition) is 0. The van der Waals surface area contributed by atoms with E-state index >= 15 is 0 Å². The lowest BCUT2D eigenvalue weighted by Crippen LogP contribution is -2.27. The molecule has 0 saturated heterocycles. The van der Waals surface area contributed by atoms with Gasteiger partial charge in [-0.15, -0.1) is 0 Å². The number of carbonyl (C=O) groups excluding carboxylic acids is 1. The van der Waals surface area contributed by atoms with Crippen LogP contribution in [0.5, 0.6) is 0 Å². The van der Waals surface area contributed by atoms with Crippen molar-refractivity contribution in [3.63, 3.8) is 0 Å². The standard InChI is InChI=1S/C10H10ClN3O/c1-14(6-2-5-12)10(15)8-3-4-9(11)13-7-8/h3-4,7H,2,6H2,1H3. The zero-order chi connectivity index (χ0) is 11.3. The lowest BCUT2D eigenvalue weighted by Gasteiger charge is -2.14. The van der Waals surface area contributed by atoms with Crippen molar-refractivity contribution in [3.8, 4) is 6.07 Å². The Kier molecular flexibility index (Phi) is 4.07. The molecule has 0 N–H and O–H groups in total. The van der Waals surface area contributed by atoms with E-state index in [0.29, 0.717) is 23.7 Å².